The van der Waals surface area contributed by atoms with Crippen LogP contribution in [0.15, 0.2) is 85.2 Å². The van der Waals surface area contributed by atoms with Crippen LogP contribution in [0.4, 0.5) is 15.8 Å². The molecule has 1 aliphatic rings. The molecule has 2 aromatic carbocycles. The van der Waals surface area contributed by atoms with Crippen LogP contribution in [0, 0.1) is 5.82 Å². The van der Waals surface area contributed by atoms with Gasteiger partial charge in [-0.3, -0.25) is 19.4 Å². The van der Waals surface area contributed by atoms with Crippen molar-refractivity contribution in [3.8, 4) is 17.4 Å². The van der Waals surface area contributed by atoms with Gasteiger partial charge in [-0.1, -0.05) is 0 Å². The molecule has 0 saturated carbocycles. The van der Waals surface area contributed by atoms with Crippen molar-refractivity contribution >= 4 is 29.1 Å². The molecule has 11 heteroatoms. The van der Waals surface area contributed by atoms with E-state index < -0.39 is 5.91 Å². The average Bonchev–Trinajstić information content (AvgIpc) is 3.00. The fourth-order valence-corrected chi connectivity index (χ4v) is 4.35. The SMILES string of the molecule is CC(=O)Nc1ccc(OC2CCN(C(=O)c3ccc(C(=O)Nc4ccc(Oc5ccc(F)cc5)nc4)cn3)CC2)cc1. The lowest BCUT2D eigenvalue weighted by Gasteiger charge is -2.32. The number of carbonyl (C=O) groups is 3. The molecule has 2 aromatic heterocycles. The lowest BCUT2D eigenvalue weighted by atomic mass is 10.1. The summed E-state index contributed by atoms with van der Waals surface area (Å²) in [5.41, 5.74) is 1.69. The van der Waals surface area contributed by atoms with Crippen LogP contribution in [0.2, 0.25) is 0 Å². The van der Waals surface area contributed by atoms with Crippen LogP contribution in [-0.2, 0) is 4.79 Å². The zero-order chi connectivity index (χ0) is 29.5. The fourth-order valence-electron chi connectivity index (χ4n) is 4.35. The van der Waals surface area contributed by atoms with E-state index in [0.717, 1.165) is 0 Å². The summed E-state index contributed by atoms with van der Waals surface area (Å²) >= 11 is 0. The van der Waals surface area contributed by atoms with Gasteiger partial charge in [0.25, 0.3) is 11.8 Å². The highest BCUT2D eigenvalue weighted by Crippen LogP contribution is 2.23. The van der Waals surface area contributed by atoms with E-state index in [0.29, 0.717) is 48.8 Å². The van der Waals surface area contributed by atoms with Gasteiger partial charge >= 0.3 is 0 Å². The number of amides is 3. The molecule has 0 bridgehead atoms. The fraction of sp³-hybridized carbons (Fsp3) is 0.194. The number of aromatic nitrogens is 2. The third-order valence-electron chi connectivity index (χ3n) is 6.48. The van der Waals surface area contributed by atoms with Crippen molar-refractivity contribution < 1.29 is 28.2 Å². The normalized spacial score (nSPS) is 13.2. The summed E-state index contributed by atoms with van der Waals surface area (Å²) in [6.45, 7) is 2.49. The smallest absolute Gasteiger partial charge is 0.272 e. The average molecular weight is 570 g/mol. The Labute approximate surface area is 241 Å². The van der Waals surface area contributed by atoms with Crippen LogP contribution in [0.5, 0.6) is 17.4 Å². The van der Waals surface area contributed by atoms with Gasteiger partial charge in [-0.25, -0.2) is 9.37 Å². The molecule has 42 heavy (non-hydrogen) atoms. The molecule has 4 aromatic rings. The lowest BCUT2D eigenvalue weighted by molar-refractivity contribution is -0.114. The standard InChI is InChI=1S/C31H28FN5O5/c1-20(38)35-23-5-10-25(11-6-23)41-27-14-16-37(17-15-27)31(40)28-12-2-21(18-33-28)30(39)36-24-7-13-29(34-19-24)42-26-8-3-22(32)4-9-26/h2-13,18-19,27H,14-17H2,1H3,(H,35,38)(H,36,39). The third kappa shape index (κ3) is 7.45. The molecule has 1 aliphatic heterocycles. The molecule has 3 amide bonds. The van der Waals surface area contributed by atoms with E-state index in [1.54, 1.807) is 47.4 Å². The van der Waals surface area contributed by atoms with Gasteiger partial charge in [0.2, 0.25) is 11.8 Å². The zero-order valence-electron chi connectivity index (χ0n) is 22.7. The van der Waals surface area contributed by atoms with E-state index in [9.17, 15) is 18.8 Å². The molecule has 10 nitrogen and oxygen atoms in total. The van der Waals surface area contributed by atoms with E-state index in [-0.39, 0.29) is 40.9 Å². The number of piperidine rings is 1. The molecule has 0 aliphatic carbocycles. The molecule has 0 spiro atoms. The number of pyridine rings is 2. The minimum Gasteiger partial charge on any atom is -0.490 e. The van der Waals surface area contributed by atoms with Crippen molar-refractivity contribution in [1.29, 1.82) is 0 Å². The van der Waals surface area contributed by atoms with Crippen molar-refractivity contribution in [2.24, 2.45) is 0 Å². The first kappa shape index (κ1) is 28.2. The van der Waals surface area contributed by atoms with E-state index >= 15 is 0 Å². The van der Waals surface area contributed by atoms with Gasteiger partial charge in [-0.05, 0) is 66.7 Å². The van der Waals surface area contributed by atoms with Crippen molar-refractivity contribution in [3.63, 3.8) is 0 Å². The Hall–Kier alpha value is -5.32. The number of likely N-dealkylation sites (tertiary alicyclic amines) is 1. The van der Waals surface area contributed by atoms with E-state index in [1.807, 2.05) is 0 Å². The number of hydrogen-bond donors (Lipinski definition) is 2. The number of hydrogen-bond acceptors (Lipinski definition) is 7. The van der Waals surface area contributed by atoms with Crippen molar-refractivity contribution in [2.45, 2.75) is 25.9 Å². The number of nitrogens with one attached hydrogen (secondary N) is 2. The Kier molecular flexibility index (Phi) is 8.67. The summed E-state index contributed by atoms with van der Waals surface area (Å²) in [5, 5.41) is 5.45. The number of nitrogens with zero attached hydrogens (tertiary/aromatic N) is 3. The first-order valence-corrected chi connectivity index (χ1v) is 13.3. The summed E-state index contributed by atoms with van der Waals surface area (Å²) in [6, 6.07) is 19.0. The monoisotopic (exact) mass is 569 g/mol. The summed E-state index contributed by atoms with van der Waals surface area (Å²) < 4.78 is 24.6. The van der Waals surface area contributed by atoms with E-state index in [2.05, 4.69) is 20.6 Å². The predicted molar refractivity (Wildman–Crippen MR) is 153 cm³/mol. The predicted octanol–water partition coefficient (Wildman–Crippen LogP) is 5.30. The minimum atomic E-state index is -0.404. The summed E-state index contributed by atoms with van der Waals surface area (Å²) in [4.78, 5) is 46.9. The van der Waals surface area contributed by atoms with E-state index in [4.69, 9.17) is 9.47 Å². The van der Waals surface area contributed by atoms with Gasteiger partial charge in [0.15, 0.2) is 0 Å². The van der Waals surface area contributed by atoms with Crippen molar-refractivity contribution in [2.75, 3.05) is 23.7 Å². The Morgan fingerprint density at radius 2 is 1.50 bits per heavy atom. The van der Waals surface area contributed by atoms with Crippen molar-refractivity contribution in [3.05, 3.63) is 102 Å². The third-order valence-corrected chi connectivity index (χ3v) is 6.48. The number of benzene rings is 2. The highest BCUT2D eigenvalue weighted by atomic mass is 19.1. The molecule has 214 valence electrons. The first-order valence-electron chi connectivity index (χ1n) is 13.3. The topological polar surface area (TPSA) is 123 Å². The maximum Gasteiger partial charge on any atom is 0.272 e. The molecular weight excluding hydrogens is 541 g/mol. The number of halogens is 1. The molecule has 3 heterocycles. The van der Waals surface area contributed by atoms with Crippen LogP contribution < -0.4 is 20.1 Å². The highest BCUT2D eigenvalue weighted by Gasteiger charge is 2.25. The number of anilines is 2. The molecule has 5 rings (SSSR count). The maximum atomic E-state index is 13.0. The molecule has 2 N–H and O–H groups in total. The van der Waals surface area contributed by atoms with Crippen LogP contribution in [0.3, 0.4) is 0 Å². The Balaban J connectivity index is 1.09. The molecule has 0 unspecified atom stereocenters. The van der Waals surface area contributed by atoms with Crippen LogP contribution in [-0.4, -0.2) is 51.8 Å². The lowest BCUT2D eigenvalue weighted by Crippen LogP contribution is -2.42. The summed E-state index contributed by atoms with van der Waals surface area (Å²) in [5.74, 6) is 0.316. The maximum absolute atomic E-state index is 13.0. The summed E-state index contributed by atoms with van der Waals surface area (Å²) in [6.07, 6.45) is 4.11. The Morgan fingerprint density at radius 1 is 0.810 bits per heavy atom. The van der Waals surface area contributed by atoms with Crippen LogP contribution in [0.25, 0.3) is 0 Å². The van der Waals surface area contributed by atoms with Gasteiger partial charge in [0, 0.05) is 50.8 Å². The van der Waals surface area contributed by atoms with Gasteiger partial charge in [-0.15, -0.1) is 0 Å². The largest absolute Gasteiger partial charge is 0.490 e. The van der Waals surface area contributed by atoms with Gasteiger partial charge < -0.3 is 25.0 Å². The van der Waals surface area contributed by atoms with Crippen LogP contribution in [0.1, 0.15) is 40.6 Å². The molecule has 1 saturated heterocycles. The van der Waals surface area contributed by atoms with Gasteiger partial charge in [0.05, 0.1) is 17.4 Å². The second-order valence-corrected chi connectivity index (χ2v) is 9.64. The Morgan fingerprint density at radius 3 is 2.12 bits per heavy atom. The van der Waals surface area contributed by atoms with Crippen LogP contribution >= 0.6 is 0 Å². The molecule has 0 radical (unpaired) electrons. The molecule has 0 atom stereocenters. The Bertz CT molecular complexity index is 1540. The minimum absolute atomic E-state index is 0.0299. The number of carbonyl (C=O) groups excluding carboxylic acids is 3. The quantitative estimate of drug-likeness (QED) is 0.295. The van der Waals surface area contributed by atoms with Gasteiger partial charge in [0.1, 0.15) is 29.1 Å². The van der Waals surface area contributed by atoms with Crippen molar-refractivity contribution in [1.82, 2.24) is 14.9 Å². The zero-order valence-corrected chi connectivity index (χ0v) is 22.7. The summed E-state index contributed by atoms with van der Waals surface area (Å²) in [7, 11) is 0. The second kappa shape index (κ2) is 12.9. The van der Waals surface area contributed by atoms with E-state index in [1.165, 1.54) is 49.6 Å². The number of ether oxygens (including phenoxy) is 2. The highest BCUT2D eigenvalue weighted by molar-refractivity contribution is 6.04. The molecule has 1 fully saturated rings. The second-order valence-electron chi connectivity index (χ2n) is 9.64. The first-order chi connectivity index (χ1) is 20.3. The molecular formula is C31H28FN5O5. The van der Waals surface area contributed by atoms with Gasteiger partial charge in [-0.2, -0.15) is 0 Å². The number of rotatable bonds is 8.